The van der Waals surface area contributed by atoms with E-state index in [0.29, 0.717) is 19.5 Å². The molecule has 23 heavy (non-hydrogen) atoms. The minimum absolute atomic E-state index is 0.0287. The largest absolute Gasteiger partial charge is 0.366 e. The number of sulfonamides is 1. The van der Waals surface area contributed by atoms with Gasteiger partial charge < -0.3 is 10.6 Å². The van der Waals surface area contributed by atoms with Gasteiger partial charge in [-0.3, -0.25) is 9.59 Å². The third kappa shape index (κ3) is 4.30. The molecule has 0 bridgehead atoms. The third-order valence-corrected chi connectivity index (χ3v) is 6.63. The second kappa shape index (κ2) is 6.98. The molecule has 1 aromatic heterocycles. The molecule has 1 unspecified atom stereocenters. The summed E-state index contributed by atoms with van der Waals surface area (Å²) in [6.07, 6.45) is 1.43. The molecular formula is C14H21N3O4S2. The van der Waals surface area contributed by atoms with E-state index in [0.717, 1.165) is 17.8 Å². The van der Waals surface area contributed by atoms with Crippen molar-refractivity contribution in [1.82, 2.24) is 9.62 Å². The van der Waals surface area contributed by atoms with E-state index in [9.17, 15) is 18.0 Å². The number of nitrogens with one attached hydrogen (secondary N) is 1. The predicted octanol–water partition coefficient (Wildman–Crippen LogP) is 0.772. The molecule has 2 amide bonds. The number of carbonyl (C=O) groups is 2. The Morgan fingerprint density at radius 3 is 2.70 bits per heavy atom. The smallest absolute Gasteiger partial charge is 0.250 e. The lowest BCUT2D eigenvalue weighted by Crippen LogP contribution is -2.50. The van der Waals surface area contributed by atoms with Gasteiger partial charge in [-0.15, -0.1) is 11.3 Å². The van der Waals surface area contributed by atoms with Crippen molar-refractivity contribution in [3.63, 3.8) is 0 Å². The van der Waals surface area contributed by atoms with Crippen molar-refractivity contribution >= 4 is 33.2 Å². The lowest BCUT2D eigenvalue weighted by molar-refractivity contribution is -0.135. The Labute approximate surface area is 139 Å². The van der Waals surface area contributed by atoms with Crippen molar-refractivity contribution < 1.29 is 18.0 Å². The zero-order valence-electron chi connectivity index (χ0n) is 13.1. The van der Waals surface area contributed by atoms with Gasteiger partial charge in [0.25, 0.3) is 0 Å². The van der Waals surface area contributed by atoms with Crippen LogP contribution >= 0.6 is 11.3 Å². The van der Waals surface area contributed by atoms with E-state index in [4.69, 9.17) is 5.73 Å². The van der Waals surface area contributed by atoms with Crippen LogP contribution in [0.15, 0.2) is 15.7 Å². The molecule has 2 heterocycles. The Bertz CT molecular complexity index is 697. The van der Waals surface area contributed by atoms with Gasteiger partial charge in [-0.2, -0.15) is 0 Å². The van der Waals surface area contributed by atoms with Gasteiger partial charge in [0.15, 0.2) is 0 Å². The summed E-state index contributed by atoms with van der Waals surface area (Å²) in [6, 6.07) is 0.949. The molecule has 0 spiro atoms. The Balaban J connectivity index is 2.07. The number of nitrogens with zero attached hydrogens (tertiary/aromatic N) is 1. The van der Waals surface area contributed by atoms with Gasteiger partial charge in [0.2, 0.25) is 21.8 Å². The van der Waals surface area contributed by atoms with E-state index in [-0.39, 0.29) is 27.6 Å². The minimum atomic E-state index is -3.72. The summed E-state index contributed by atoms with van der Waals surface area (Å²) in [7, 11) is -3.72. The van der Waals surface area contributed by atoms with Gasteiger partial charge in [-0.25, -0.2) is 13.1 Å². The molecule has 0 radical (unpaired) electrons. The normalized spacial score (nSPS) is 19.1. The summed E-state index contributed by atoms with van der Waals surface area (Å²) >= 11 is 0.954. The van der Waals surface area contributed by atoms with Crippen molar-refractivity contribution in [2.45, 2.75) is 36.9 Å². The van der Waals surface area contributed by atoms with Crippen LogP contribution in [0.3, 0.4) is 0 Å². The van der Waals surface area contributed by atoms with E-state index < -0.39 is 15.9 Å². The standard InChI is InChI=1S/C14H21N3O4S2/c1-9(2)14(19)17-5-3-4-11(7-17)16-23(20,21)12-6-10(8-22-12)13(15)18/h6,8-9,11,16H,3-5,7H2,1-2H3,(H2,15,18). The molecular weight excluding hydrogens is 338 g/mol. The first-order chi connectivity index (χ1) is 10.7. The van der Waals surface area contributed by atoms with Crippen molar-refractivity contribution in [3.05, 3.63) is 17.0 Å². The molecule has 1 atom stereocenters. The lowest BCUT2D eigenvalue weighted by Gasteiger charge is -2.34. The number of nitrogens with two attached hydrogens (primary N) is 1. The van der Waals surface area contributed by atoms with Gasteiger partial charge in [0.1, 0.15) is 4.21 Å². The molecule has 0 aliphatic carbocycles. The van der Waals surface area contributed by atoms with Crippen molar-refractivity contribution in [1.29, 1.82) is 0 Å². The predicted molar refractivity (Wildman–Crippen MR) is 87.6 cm³/mol. The summed E-state index contributed by atoms with van der Waals surface area (Å²) in [5.74, 6) is -0.740. The number of carbonyl (C=O) groups excluding carboxylic acids is 2. The highest BCUT2D eigenvalue weighted by Gasteiger charge is 2.29. The van der Waals surface area contributed by atoms with Crippen LogP contribution in [0.1, 0.15) is 37.0 Å². The number of hydrogen-bond donors (Lipinski definition) is 2. The molecule has 3 N–H and O–H groups in total. The molecule has 7 nitrogen and oxygen atoms in total. The number of amides is 2. The minimum Gasteiger partial charge on any atom is -0.366 e. The lowest BCUT2D eigenvalue weighted by atomic mass is 10.0. The number of hydrogen-bond acceptors (Lipinski definition) is 5. The van der Waals surface area contributed by atoms with Crippen LogP contribution in [0.5, 0.6) is 0 Å². The zero-order valence-corrected chi connectivity index (χ0v) is 14.7. The second-order valence-corrected chi connectivity index (χ2v) is 8.77. The van der Waals surface area contributed by atoms with E-state index >= 15 is 0 Å². The van der Waals surface area contributed by atoms with Crippen LogP contribution < -0.4 is 10.5 Å². The number of thiophene rings is 1. The monoisotopic (exact) mass is 359 g/mol. The molecule has 1 aromatic rings. The fourth-order valence-corrected chi connectivity index (χ4v) is 4.95. The Morgan fingerprint density at radius 1 is 1.43 bits per heavy atom. The first-order valence-corrected chi connectivity index (χ1v) is 9.76. The van der Waals surface area contributed by atoms with Crippen LogP contribution in [0, 0.1) is 5.92 Å². The van der Waals surface area contributed by atoms with Crippen LogP contribution in [0.2, 0.25) is 0 Å². The van der Waals surface area contributed by atoms with E-state index in [2.05, 4.69) is 4.72 Å². The maximum absolute atomic E-state index is 12.4. The Morgan fingerprint density at radius 2 is 2.13 bits per heavy atom. The van der Waals surface area contributed by atoms with Crippen molar-refractivity contribution in [2.24, 2.45) is 11.7 Å². The van der Waals surface area contributed by atoms with E-state index in [1.54, 1.807) is 4.90 Å². The number of piperidine rings is 1. The number of rotatable bonds is 5. The van der Waals surface area contributed by atoms with Crippen LogP contribution in [0.25, 0.3) is 0 Å². The highest BCUT2D eigenvalue weighted by atomic mass is 32.2. The number of primary amides is 1. The summed E-state index contributed by atoms with van der Waals surface area (Å²) in [5.41, 5.74) is 5.32. The Kier molecular flexibility index (Phi) is 5.43. The first kappa shape index (κ1) is 17.9. The molecule has 1 aliphatic heterocycles. The number of likely N-dealkylation sites (tertiary alicyclic amines) is 1. The van der Waals surface area contributed by atoms with Gasteiger partial charge in [-0.05, 0) is 18.9 Å². The molecule has 1 saturated heterocycles. The van der Waals surface area contributed by atoms with Crippen LogP contribution in [-0.4, -0.2) is 44.3 Å². The van der Waals surface area contributed by atoms with E-state index in [1.165, 1.54) is 11.4 Å². The summed E-state index contributed by atoms with van der Waals surface area (Å²) in [6.45, 7) is 4.67. The summed E-state index contributed by atoms with van der Waals surface area (Å²) < 4.78 is 27.5. The first-order valence-electron chi connectivity index (χ1n) is 7.40. The third-order valence-electron chi connectivity index (χ3n) is 3.67. The van der Waals surface area contributed by atoms with Crippen molar-refractivity contribution in [3.8, 4) is 0 Å². The summed E-state index contributed by atoms with van der Waals surface area (Å²) in [4.78, 5) is 24.8. The highest BCUT2D eigenvalue weighted by molar-refractivity contribution is 7.91. The average Bonchev–Trinajstić information content (AvgIpc) is 2.97. The fourth-order valence-electron chi connectivity index (χ4n) is 2.50. The summed E-state index contributed by atoms with van der Waals surface area (Å²) in [5, 5.41) is 1.42. The SMILES string of the molecule is CC(C)C(=O)N1CCCC(NS(=O)(=O)c2cc(C(N)=O)cs2)C1. The van der Waals surface area contributed by atoms with Crippen LogP contribution in [-0.2, 0) is 14.8 Å². The molecule has 128 valence electrons. The average molecular weight is 359 g/mol. The van der Waals surface area contributed by atoms with Gasteiger partial charge >= 0.3 is 0 Å². The molecule has 0 aromatic carbocycles. The topological polar surface area (TPSA) is 110 Å². The maximum atomic E-state index is 12.4. The van der Waals surface area contributed by atoms with Crippen molar-refractivity contribution in [2.75, 3.05) is 13.1 Å². The highest BCUT2D eigenvalue weighted by Crippen LogP contribution is 2.22. The second-order valence-electron chi connectivity index (χ2n) is 5.92. The van der Waals surface area contributed by atoms with Gasteiger partial charge in [0.05, 0.1) is 5.56 Å². The Hall–Kier alpha value is -1.45. The fraction of sp³-hybridized carbons (Fsp3) is 0.571. The van der Waals surface area contributed by atoms with Crippen LogP contribution in [0.4, 0.5) is 0 Å². The quantitative estimate of drug-likeness (QED) is 0.809. The zero-order chi connectivity index (χ0) is 17.2. The molecule has 1 fully saturated rings. The van der Waals surface area contributed by atoms with Gasteiger partial charge in [-0.1, -0.05) is 13.8 Å². The molecule has 1 aliphatic rings. The molecule has 2 rings (SSSR count). The molecule has 9 heteroatoms. The van der Waals surface area contributed by atoms with Gasteiger partial charge in [0, 0.05) is 30.4 Å². The molecule has 0 saturated carbocycles. The van der Waals surface area contributed by atoms with E-state index in [1.807, 2.05) is 13.8 Å². The maximum Gasteiger partial charge on any atom is 0.250 e.